The summed E-state index contributed by atoms with van der Waals surface area (Å²) in [5.74, 6) is -2.08. The van der Waals surface area contributed by atoms with Crippen molar-refractivity contribution in [2.24, 2.45) is 0 Å². The SMILES string of the molecule is COC(=O)C1O[C@H](Oc2ccc(COC(=O)N(CCN(C)C)CSCCc3ccccc3)cc2N)C(OC(C)=O)[C@@H](OC(C)=O)C1OC(C)=O. The molecular formula is C34H45N3O12S. The molecule has 0 aromatic heterocycles. The summed E-state index contributed by atoms with van der Waals surface area (Å²) in [5.41, 5.74) is 8.16. The van der Waals surface area contributed by atoms with Gasteiger partial charge in [0.1, 0.15) is 12.4 Å². The zero-order chi connectivity index (χ0) is 36.8. The minimum Gasteiger partial charge on any atom is -0.467 e. The second-order valence-electron chi connectivity index (χ2n) is 11.6. The first-order valence-electron chi connectivity index (χ1n) is 15.8. The van der Waals surface area contributed by atoms with Crippen molar-refractivity contribution >= 4 is 47.4 Å². The molecule has 1 fully saturated rings. The summed E-state index contributed by atoms with van der Waals surface area (Å²) in [6.45, 7) is 4.31. The van der Waals surface area contributed by atoms with Gasteiger partial charge in [0.15, 0.2) is 18.3 Å². The van der Waals surface area contributed by atoms with Crippen LogP contribution in [0.15, 0.2) is 48.5 Å². The summed E-state index contributed by atoms with van der Waals surface area (Å²) in [6, 6.07) is 14.7. The van der Waals surface area contributed by atoms with E-state index in [1.807, 2.05) is 37.2 Å². The molecule has 0 saturated carbocycles. The van der Waals surface area contributed by atoms with Crippen LogP contribution in [0.2, 0.25) is 0 Å². The van der Waals surface area contributed by atoms with E-state index < -0.39 is 60.7 Å². The predicted molar refractivity (Wildman–Crippen MR) is 182 cm³/mol. The molecule has 0 aliphatic carbocycles. The first-order chi connectivity index (χ1) is 23.8. The Bertz CT molecular complexity index is 1460. The fraction of sp³-hybridized carbons (Fsp3) is 0.500. The highest BCUT2D eigenvalue weighted by Gasteiger charge is 2.56. The van der Waals surface area contributed by atoms with E-state index in [4.69, 9.17) is 38.9 Å². The lowest BCUT2D eigenvalue weighted by Crippen LogP contribution is -2.64. The van der Waals surface area contributed by atoms with E-state index in [1.54, 1.807) is 22.7 Å². The number of carbonyl (C=O) groups excluding carboxylic acids is 5. The van der Waals surface area contributed by atoms with E-state index in [0.29, 0.717) is 24.5 Å². The number of esters is 4. The van der Waals surface area contributed by atoms with Crippen molar-refractivity contribution in [3.8, 4) is 5.75 Å². The maximum atomic E-state index is 13.1. The van der Waals surface area contributed by atoms with Gasteiger partial charge in [0, 0.05) is 33.9 Å². The van der Waals surface area contributed by atoms with Gasteiger partial charge in [-0.15, -0.1) is 11.8 Å². The Balaban J connectivity index is 1.73. The summed E-state index contributed by atoms with van der Waals surface area (Å²) < 4.78 is 38.2. The van der Waals surface area contributed by atoms with Gasteiger partial charge in [0.2, 0.25) is 12.4 Å². The minimum absolute atomic E-state index is 0.0424. The Kier molecular flexibility index (Phi) is 15.6. The summed E-state index contributed by atoms with van der Waals surface area (Å²) in [5, 5.41) is 0. The number of nitrogen functional groups attached to an aromatic ring is 1. The van der Waals surface area contributed by atoms with Crippen LogP contribution in [0, 0.1) is 0 Å². The number of thioether (sulfide) groups is 1. The van der Waals surface area contributed by atoms with Crippen molar-refractivity contribution < 1.29 is 57.1 Å². The highest BCUT2D eigenvalue weighted by Crippen LogP contribution is 2.33. The summed E-state index contributed by atoms with van der Waals surface area (Å²) in [7, 11) is 4.94. The van der Waals surface area contributed by atoms with Crippen LogP contribution in [0.1, 0.15) is 31.9 Å². The number of amides is 1. The Morgan fingerprint density at radius 2 is 1.48 bits per heavy atom. The van der Waals surface area contributed by atoms with E-state index in [0.717, 1.165) is 40.1 Å². The molecule has 1 heterocycles. The number of methoxy groups -OCH3 is 1. The van der Waals surface area contributed by atoms with Gasteiger partial charge in [0.05, 0.1) is 18.7 Å². The molecular weight excluding hydrogens is 674 g/mol. The zero-order valence-corrected chi connectivity index (χ0v) is 29.8. The third kappa shape index (κ3) is 12.4. The molecule has 0 radical (unpaired) electrons. The Morgan fingerprint density at radius 3 is 2.08 bits per heavy atom. The second-order valence-corrected chi connectivity index (χ2v) is 12.6. The molecule has 2 N–H and O–H groups in total. The van der Waals surface area contributed by atoms with E-state index in [9.17, 15) is 24.0 Å². The smallest absolute Gasteiger partial charge is 0.410 e. The normalized spacial score (nSPS) is 19.9. The van der Waals surface area contributed by atoms with Crippen molar-refractivity contribution in [1.82, 2.24) is 9.80 Å². The van der Waals surface area contributed by atoms with Gasteiger partial charge in [-0.1, -0.05) is 36.4 Å². The fourth-order valence-corrected chi connectivity index (χ4v) is 5.83. The van der Waals surface area contributed by atoms with E-state index in [2.05, 4.69) is 12.1 Å². The lowest BCUT2D eigenvalue weighted by atomic mass is 9.97. The number of likely N-dealkylation sites (N-methyl/N-ethyl adjacent to an activating group) is 1. The molecule has 16 heteroatoms. The number of aryl methyl sites for hydroxylation is 1. The summed E-state index contributed by atoms with van der Waals surface area (Å²) in [6.07, 6.45) is -7.36. The minimum atomic E-state index is -1.63. The average Bonchev–Trinajstić information content (AvgIpc) is 3.06. The number of hydrogen-bond acceptors (Lipinski definition) is 15. The third-order valence-electron chi connectivity index (χ3n) is 7.21. The highest BCUT2D eigenvalue weighted by atomic mass is 32.2. The molecule has 5 atom stereocenters. The van der Waals surface area contributed by atoms with Gasteiger partial charge in [-0.3, -0.25) is 19.3 Å². The van der Waals surface area contributed by atoms with Crippen LogP contribution in [0.3, 0.4) is 0 Å². The quantitative estimate of drug-likeness (QED) is 0.0878. The maximum absolute atomic E-state index is 13.1. The number of anilines is 1. The van der Waals surface area contributed by atoms with E-state index >= 15 is 0 Å². The largest absolute Gasteiger partial charge is 0.467 e. The Labute approximate surface area is 295 Å². The van der Waals surface area contributed by atoms with Gasteiger partial charge < -0.3 is 43.8 Å². The van der Waals surface area contributed by atoms with Crippen LogP contribution < -0.4 is 10.5 Å². The third-order valence-corrected chi connectivity index (χ3v) is 8.20. The molecule has 1 aliphatic heterocycles. The molecule has 3 unspecified atom stereocenters. The molecule has 3 rings (SSSR count). The predicted octanol–water partition coefficient (Wildman–Crippen LogP) is 2.77. The van der Waals surface area contributed by atoms with Gasteiger partial charge in [0.25, 0.3) is 0 Å². The van der Waals surface area contributed by atoms with Crippen molar-refractivity contribution in [3.05, 3.63) is 59.7 Å². The van der Waals surface area contributed by atoms with E-state index in [-0.39, 0.29) is 18.0 Å². The van der Waals surface area contributed by atoms with Crippen LogP contribution in [0.25, 0.3) is 0 Å². The average molecular weight is 720 g/mol. The van der Waals surface area contributed by atoms with Gasteiger partial charge in [-0.05, 0) is 49.5 Å². The van der Waals surface area contributed by atoms with Crippen molar-refractivity contribution in [2.45, 2.75) is 64.5 Å². The number of ether oxygens (including phenoxy) is 7. The molecule has 1 aliphatic rings. The topological polar surface area (TPSA) is 182 Å². The number of rotatable bonds is 16. The molecule has 1 amide bonds. The van der Waals surface area contributed by atoms with E-state index in [1.165, 1.54) is 17.7 Å². The van der Waals surface area contributed by atoms with Crippen molar-refractivity contribution in [2.75, 3.05) is 51.7 Å². The number of carbonyl (C=O) groups is 5. The lowest BCUT2D eigenvalue weighted by Gasteiger charge is -2.43. The van der Waals surface area contributed by atoms with Crippen molar-refractivity contribution in [1.29, 1.82) is 0 Å². The molecule has 1 saturated heterocycles. The zero-order valence-electron chi connectivity index (χ0n) is 29.0. The molecule has 15 nitrogen and oxygen atoms in total. The first-order valence-corrected chi connectivity index (χ1v) is 16.9. The number of hydrogen-bond donors (Lipinski definition) is 1. The fourth-order valence-electron chi connectivity index (χ4n) is 4.87. The molecule has 0 bridgehead atoms. The number of nitrogens with zero attached hydrogens (tertiary/aromatic N) is 2. The lowest BCUT2D eigenvalue weighted by molar-refractivity contribution is -0.282. The van der Waals surface area contributed by atoms with Crippen LogP contribution in [-0.2, 0) is 60.6 Å². The number of nitrogens with two attached hydrogens (primary N) is 1. The van der Waals surface area contributed by atoms with Crippen LogP contribution in [0.4, 0.5) is 10.5 Å². The number of benzene rings is 2. The standard InChI is InChI=1S/C34H45N3O12S/c1-21(38)45-28-29(46-22(2)39)31(47-23(3)40)33(49-30(28)32(41)43-6)48-27-13-12-25(18-26(27)35)19-44-34(42)37(16-15-36(4)5)20-50-17-14-24-10-8-7-9-11-24/h7-13,18,28-31,33H,14-17,19-20,35H2,1-6H3/t28?,29-,30?,31?,33-/m0/s1. The molecule has 274 valence electrons. The summed E-state index contributed by atoms with van der Waals surface area (Å²) in [4.78, 5) is 65.5. The molecule has 2 aromatic rings. The molecule has 50 heavy (non-hydrogen) atoms. The maximum Gasteiger partial charge on any atom is 0.410 e. The summed E-state index contributed by atoms with van der Waals surface area (Å²) >= 11 is 1.64. The van der Waals surface area contributed by atoms with Crippen molar-refractivity contribution in [3.63, 3.8) is 0 Å². The van der Waals surface area contributed by atoms with Crippen LogP contribution in [0.5, 0.6) is 5.75 Å². The highest BCUT2D eigenvalue weighted by molar-refractivity contribution is 7.99. The van der Waals surface area contributed by atoms with Crippen LogP contribution in [-0.4, -0.2) is 116 Å². The second kappa shape index (κ2) is 19.6. The monoisotopic (exact) mass is 719 g/mol. The molecule has 2 aromatic carbocycles. The van der Waals surface area contributed by atoms with Gasteiger partial charge in [-0.25, -0.2) is 9.59 Å². The van der Waals surface area contributed by atoms with Gasteiger partial charge >= 0.3 is 30.0 Å². The Hall–Kier alpha value is -4.54. The van der Waals surface area contributed by atoms with Gasteiger partial charge in [-0.2, -0.15) is 0 Å². The van der Waals surface area contributed by atoms with Crippen LogP contribution >= 0.6 is 11.8 Å². The first kappa shape index (κ1) is 39.9. The Morgan fingerprint density at radius 1 is 0.840 bits per heavy atom. The molecule has 0 spiro atoms.